The number of hydroxylamine groups is 1. The second kappa shape index (κ2) is 6.67. The van der Waals surface area contributed by atoms with Gasteiger partial charge in [-0.1, -0.05) is 29.8 Å². The van der Waals surface area contributed by atoms with Gasteiger partial charge in [-0.2, -0.15) is 8.42 Å². The average molecular weight is 345 g/mol. The molecule has 3 rings (SSSR count). The Bertz CT molecular complexity index is 870. The molecule has 24 heavy (non-hydrogen) atoms. The van der Waals surface area contributed by atoms with E-state index in [9.17, 15) is 8.42 Å². The molecule has 0 spiro atoms. The van der Waals surface area contributed by atoms with Gasteiger partial charge in [-0.3, -0.25) is 0 Å². The predicted octanol–water partition coefficient (Wildman–Crippen LogP) is 3.20. The number of fused-ring (bicyclic) bond motifs is 1. The van der Waals surface area contributed by atoms with Crippen LogP contribution < -0.4 is 10.2 Å². The molecule has 0 fully saturated rings. The molecule has 1 aliphatic rings. The van der Waals surface area contributed by atoms with Gasteiger partial charge in [0.2, 0.25) is 0 Å². The van der Waals surface area contributed by atoms with E-state index in [2.05, 4.69) is 5.48 Å². The largest absolute Gasteiger partial charge is 0.497 e. The van der Waals surface area contributed by atoms with E-state index in [0.717, 1.165) is 29.5 Å². The van der Waals surface area contributed by atoms with Crippen molar-refractivity contribution in [1.82, 2.24) is 5.48 Å². The molecule has 6 heteroatoms. The molecule has 0 radical (unpaired) electrons. The maximum Gasteiger partial charge on any atom is 0.317 e. The summed E-state index contributed by atoms with van der Waals surface area (Å²) in [4.78, 5) is 0.114. The number of rotatable bonds is 5. The third-order valence-corrected chi connectivity index (χ3v) is 5.09. The van der Waals surface area contributed by atoms with Gasteiger partial charge in [0.15, 0.2) is 0 Å². The highest BCUT2D eigenvalue weighted by molar-refractivity contribution is 7.86. The molecule has 0 saturated heterocycles. The highest BCUT2D eigenvalue weighted by Gasteiger charge is 2.19. The van der Waals surface area contributed by atoms with E-state index in [-0.39, 0.29) is 4.90 Å². The van der Waals surface area contributed by atoms with E-state index in [0.29, 0.717) is 11.4 Å². The van der Waals surface area contributed by atoms with Gasteiger partial charge < -0.3 is 4.74 Å². The monoisotopic (exact) mass is 345 g/mol. The molecule has 0 saturated carbocycles. The molecular formula is C18H19NO4S. The Hall–Kier alpha value is -2.31. The van der Waals surface area contributed by atoms with Gasteiger partial charge in [0.05, 0.1) is 17.7 Å². The fourth-order valence-corrected chi connectivity index (χ4v) is 3.35. The lowest BCUT2D eigenvalue weighted by atomic mass is 9.95. The van der Waals surface area contributed by atoms with Crippen molar-refractivity contribution in [1.29, 1.82) is 0 Å². The number of aryl methyl sites for hydroxylation is 2. The molecule has 0 amide bonds. The highest BCUT2D eigenvalue weighted by Crippen LogP contribution is 2.28. The Kier molecular flexibility index (Phi) is 4.59. The van der Waals surface area contributed by atoms with E-state index in [1.165, 1.54) is 12.1 Å². The van der Waals surface area contributed by atoms with Crippen LogP contribution >= 0.6 is 0 Å². The summed E-state index contributed by atoms with van der Waals surface area (Å²) in [5.74, 6) is 0.713. The van der Waals surface area contributed by atoms with Crippen molar-refractivity contribution in [3.63, 3.8) is 0 Å². The molecule has 126 valence electrons. The molecule has 1 N–H and O–H groups in total. The van der Waals surface area contributed by atoms with Crippen LogP contribution in [0.2, 0.25) is 0 Å². The normalized spacial score (nSPS) is 13.8. The second-order valence-corrected chi connectivity index (χ2v) is 7.18. The molecule has 0 atom stereocenters. The minimum atomic E-state index is -3.88. The van der Waals surface area contributed by atoms with E-state index in [1.807, 2.05) is 31.2 Å². The quantitative estimate of drug-likeness (QED) is 0.843. The van der Waals surface area contributed by atoms with E-state index in [4.69, 9.17) is 9.02 Å². The van der Waals surface area contributed by atoms with Gasteiger partial charge in [-0.15, -0.1) is 4.28 Å². The number of hydrogen-bond acceptors (Lipinski definition) is 5. The van der Waals surface area contributed by atoms with Gasteiger partial charge in [0, 0.05) is 5.56 Å². The lowest BCUT2D eigenvalue weighted by molar-refractivity contribution is 0.258. The van der Waals surface area contributed by atoms with Crippen LogP contribution in [-0.2, 0) is 20.8 Å². The van der Waals surface area contributed by atoms with Crippen LogP contribution in [0.15, 0.2) is 53.4 Å². The minimum absolute atomic E-state index is 0.114. The van der Waals surface area contributed by atoms with Crippen molar-refractivity contribution in [3.05, 3.63) is 65.2 Å². The first kappa shape index (κ1) is 16.5. The Balaban J connectivity index is 1.80. The third kappa shape index (κ3) is 3.44. The molecule has 2 aromatic rings. The van der Waals surface area contributed by atoms with Crippen LogP contribution in [0, 0.1) is 6.92 Å². The summed E-state index contributed by atoms with van der Waals surface area (Å²) in [5.41, 5.74) is 6.23. The molecule has 0 aromatic heterocycles. The van der Waals surface area contributed by atoms with Crippen LogP contribution in [0.1, 0.15) is 23.1 Å². The number of benzene rings is 2. The Morgan fingerprint density at radius 2 is 1.83 bits per heavy atom. The zero-order chi connectivity index (χ0) is 17.2. The maximum atomic E-state index is 12.3. The maximum absolute atomic E-state index is 12.3. The van der Waals surface area contributed by atoms with E-state index >= 15 is 0 Å². The number of hydrogen-bond donors (Lipinski definition) is 1. The molecule has 0 heterocycles. The Labute approximate surface area is 142 Å². The zero-order valence-corrected chi connectivity index (χ0v) is 14.4. The SMILES string of the molecule is COc1ccc2c(c1)C(NOS(=O)(=O)c1ccc(C)cc1)=CCC2. The van der Waals surface area contributed by atoms with Crippen molar-refractivity contribution in [3.8, 4) is 5.75 Å². The standard InChI is InChI=1S/C18H19NO4S/c1-13-6-10-16(11-7-13)24(20,21)23-19-18-5-3-4-14-8-9-15(22-2)12-17(14)18/h5-12,19H,3-4H2,1-2H3. The first-order chi connectivity index (χ1) is 11.5. The van der Waals surface area contributed by atoms with E-state index < -0.39 is 10.1 Å². The van der Waals surface area contributed by atoms with Gasteiger partial charge in [0.25, 0.3) is 0 Å². The molecule has 0 aliphatic heterocycles. The second-order valence-electron chi connectivity index (χ2n) is 5.63. The van der Waals surface area contributed by atoms with Crippen molar-refractivity contribution in [2.24, 2.45) is 0 Å². The molecular weight excluding hydrogens is 326 g/mol. The smallest absolute Gasteiger partial charge is 0.317 e. The first-order valence-corrected chi connectivity index (χ1v) is 9.04. The lowest BCUT2D eigenvalue weighted by Crippen LogP contribution is -2.21. The summed E-state index contributed by atoms with van der Waals surface area (Å²) in [6, 6.07) is 12.3. The van der Waals surface area contributed by atoms with Crippen molar-refractivity contribution in [2.45, 2.75) is 24.7 Å². The Morgan fingerprint density at radius 1 is 1.08 bits per heavy atom. The highest BCUT2D eigenvalue weighted by atomic mass is 32.2. The first-order valence-electron chi connectivity index (χ1n) is 7.63. The van der Waals surface area contributed by atoms with Crippen molar-refractivity contribution in [2.75, 3.05) is 7.11 Å². The van der Waals surface area contributed by atoms with Gasteiger partial charge in [0.1, 0.15) is 5.75 Å². The van der Waals surface area contributed by atoms with Crippen LogP contribution in [0.4, 0.5) is 0 Å². The average Bonchev–Trinajstić information content (AvgIpc) is 2.60. The number of nitrogens with one attached hydrogen (secondary N) is 1. The minimum Gasteiger partial charge on any atom is -0.497 e. The topological polar surface area (TPSA) is 64.6 Å². The number of allylic oxidation sites excluding steroid dienone is 1. The summed E-state index contributed by atoms with van der Waals surface area (Å²) >= 11 is 0. The van der Waals surface area contributed by atoms with Crippen LogP contribution in [0.5, 0.6) is 5.75 Å². The summed E-state index contributed by atoms with van der Waals surface area (Å²) in [6.45, 7) is 1.90. The molecule has 0 unspecified atom stereocenters. The van der Waals surface area contributed by atoms with Crippen LogP contribution in [0.25, 0.3) is 5.70 Å². The van der Waals surface area contributed by atoms with Gasteiger partial charge in [-0.25, -0.2) is 5.48 Å². The lowest BCUT2D eigenvalue weighted by Gasteiger charge is -2.19. The zero-order valence-electron chi connectivity index (χ0n) is 13.6. The molecule has 1 aliphatic carbocycles. The molecule has 5 nitrogen and oxygen atoms in total. The van der Waals surface area contributed by atoms with E-state index in [1.54, 1.807) is 19.2 Å². The van der Waals surface area contributed by atoms with Gasteiger partial charge >= 0.3 is 10.1 Å². The summed E-state index contributed by atoms with van der Waals surface area (Å²) < 4.78 is 34.8. The predicted molar refractivity (Wildman–Crippen MR) is 91.9 cm³/mol. The summed E-state index contributed by atoms with van der Waals surface area (Å²) in [7, 11) is -2.28. The van der Waals surface area contributed by atoms with Crippen molar-refractivity contribution < 1.29 is 17.4 Å². The van der Waals surface area contributed by atoms with Crippen LogP contribution in [0.3, 0.4) is 0 Å². The molecule has 2 aromatic carbocycles. The van der Waals surface area contributed by atoms with Crippen molar-refractivity contribution >= 4 is 15.8 Å². The fraction of sp³-hybridized carbons (Fsp3) is 0.222. The number of ether oxygens (including phenoxy) is 1. The van der Waals surface area contributed by atoms with Gasteiger partial charge in [-0.05, 0) is 49.6 Å². The fourth-order valence-electron chi connectivity index (χ4n) is 2.58. The number of methoxy groups -OCH3 is 1. The molecule has 0 bridgehead atoms. The third-order valence-electron chi connectivity index (χ3n) is 3.94. The summed E-state index contributed by atoms with van der Waals surface area (Å²) in [5, 5.41) is 0. The Morgan fingerprint density at radius 3 is 2.54 bits per heavy atom. The summed E-state index contributed by atoms with van der Waals surface area (Å²) in [6.07, 6.45) is 3.64. The van der Waals surface area contributed by atoms with Crippen LogP contribution in [-0.4, -0.2) is 15.5 Å².